The van der Waals surface area contributed by atoms with Gasteiger partial charge in [-0.2, -0.15) is 0 Å². The van der Waals surface area contributed by atoms with Crippen LogP contribution in [0, 0.1) is 12.7 Å². The minimum absolute atomic E-state index is 0.253. The fourth-order valence-corrected chi connectivity index (χ4v) is 1.75. The third-order valence-corrected chi connectivity index (χ3v) is 2.71. The highest BCUT2D eigenvalue weighted by Crippen LogP contribution is 2.23. The Kier molecular flexibility index (Phi) is 3.82. The molecule has 0 spiro atoms. The molecular weight excluding hydrogens is 231 g/mol. The van der Waals surface area contributed by atoms with Crippen LogP contribution >= 0.6 is 0 Å². The van der Waals surface area contributed by atoms with Crippen LogP contribution in [-0.2, 0) is 6.61 Å². The Balaban J connectivity index is 2.11. The van der Waals surface area contributed by atoms with Crippen LogP contribution in [0.2, 0.25) is 0 Å². The highest BCUT2D eigenvalue weighted by molar-refractivity contribution is 5.35. The monoisotopic (exact) mass is 246 g/mol. The van der Waals surface area contributed by atoms with Crippen molar-refractivity contribution < 1.29 is 13.9 Å². The van der Waals surface area contributed by atoms with Crippen LogP contribution in [0.4, 0.5) is 4.39 Å². The highest BCUT2D eigenvalue weighted by atomic mass is 19.1. The maximum absolute atomic E-state index is 13.0. The highest BCUT2D eigenvalue weighted by Gasteiger charge is 2.05. The van der Waals surface area contributed by atoms with Crippen LogP contribution in [0.3, 0.4) is 0 Å². The van der Waals surface area contributed by atoms with Gasteiger partial charge >= 0.3 is 0 Å². The molecule has 0 amide bonds. The fourth-order valence-electron chi connectivity index (χ4n) is 1.75. The number of benzene rings is 2. The van der Waals surface area contributed by atoms with E-state index in [0.29, 0.717) is 12.4 Å². The Labute approximate surface area is 106 Å². The topological polar surface area (TPSA) is 18.5 Å². The van der Waals surface area contributed by atoms with Crippen molar-refractivity contribution in [1.82, 2.24) is 0 Å². The van der Waals surface area contributed by atoms with Gasteiger partial charge in [0.1, 0.15) is 23.9 Å². The molecule has 2 nitrogen and oxygen atoms in total. The Morgan fingerprint density at radius 2 is 1.83 bits per heavy atom. The second-order valence-electron chi connectivity index (χ2n) is 4.01. The minimum atomic E-state index is -0.253. The Morgan fingerprint density at radius 3 is 2.56 bits per heavy atom. The number of rotatable bonds is 4. The molecule has 2 rings (SSSR count). The van der Waals surface area contributed by atoms with Gasteiger partial charge in [0.2, 0.25) is 0 Å². The lowest BCUT2D eigenvalue weighted by Gasteiger charge is -2.11. The fraction of sp³-hybridized carbons (Fsp3) is 0.200. The number of para-hydroxylation sites is 1. The van der Waals surface area contributed by atoms with Crippen molar-refractivity contribution in [2.24, 2.45) is 0 Å². The number of hydrogen-bond acceptors (Lipinski definition) is 2. The number of ether oxygens (including phenoxy) is 2. The summed E-state index contributed by atoms with van der Waals surface area (Å²) < 4.78 is 23.9. The smallest absolute Gasteiger partial charge is 0.125 e. The molecular formula is C15H15FO2. The van der Waals surface area contributed by atoms with Gasteiger partial charge in [-0.3, -0.25) is 0 Å². The van der Waals surface area contributed by atoms with Gasteiger partial charge in [0.15, 0.2) is 0 Å². The summed E-state index contributed by atoms with van der Waals surface area (Å²) >= 11 is 0. The van der Waals surface area contributed by atoms with E-state index in [1.54, 1.807) is 13.2 Å². The molecule has 0 atom stereocenters. The molecule has 0 bridgehead atoms. The molecule has 0 saturated heterocycles. The van der Waals surface area contributed by atoms with E-state index in [0.717, 1.165) is 16.9 Å². The molecule has 0 aliphatic carbocycles. The molecule has 2 aromatic carbocycles. The normalized spacial score (nSPS) is 10.2. The van der Waals surface area contributed by atoms with E-state index >= 15 is 0 Å². The zero-order valence-corrected chi connectivity index (χ0v) is 10.4. The summed E-state index contributed by atoms with van der Waals surface area (Å²) in [6.07, 6.45) is 0. The largest absolute Gasteiger partial charge is 0.496 e. The molecule has 0 aromatic heterocycles. The molecule has 94 valence electrons. The summed E-state index contributed by atoms with van der Waals surface area (Å²) in [6, 6.07) is 12.2. The number of methoxy groups -OCH3 is 1. The molecule has 3 heteroatoms. The van der Waals surface area contributed by atoms with E-state index in [2.05, 4.69) is 0 Å². The predicted molar refractivity (Wildman–Crippen MR) is 68.5 cm³/mol. The summed E-state index contributed by atoms with van der Waals surface area (Å²) in [5, 5.41) is 0. The van der Waals surface area contributed by atoms with E-state index in [9.17, 15) is 4.39 Å². The molecule has 0 radical (unpaired) electrons. The molecule has 0 N–H and O–H groups in total. The van der Waals surface area contributed by atoms with E-state index in [1.807, 2.05) is 31.2 Å². The van der Waals surface area contributed by atoms with E-state index < -0.39 is 0 Å². The van der Waals surface area contributed by atoms with E-state index in [4.69, 9.17) is 9.47 Å². The molecule has 0 heterocycles. The van der Waals surface area contributed by atoms with Gasteiger partial charge in [-0.25, -0.2) is 4.39 Å². The van der Waals surface area contributed by atoms with Crippen molar-refractivity contribution in [2.75, 3.05) is 7.11 Å². The van der Waals surface area contributed by atoms with Crippen molar-refractivity contribution >= 4 is 0 Å². The second-order valence-corrected chi connectivity index (χ2v) is 4.01. The molecule has 0 aliphatic rings. The first-order valence-electron chi connectivity index (χ1n) is 5.71. The standard InChI is InChI=1S/C15H15FO2/c1-11-9-13(16)7-8-14(11)18-10-12-5-3-4-6-15(12)17-2/h3-9H,10H2,1-2H3. The first kappa shape index (κ1) is 12.4. The van der Waals surface area contributed by atoms with Crippen LogP contribution in [-0.4, -0.2) is 7.11 Å². The van der Waals surface area contributed by atoms with Crippen molar-refractivity contribution in [3.05, 3.63) is 59.4 Å². The number of hydrogen-bond donors (Lipinski definition) is 0. The first-order valence-corrected chi connectivity index (χ1v) is 5.71. The Hall–Kier alpha value is -2.03. The van der Waals surface area contributed by atoms with Gasteiger partial charge < -0.3 is 9.47 Å². The van der Waals surface area contributed by atoms with Crippen molar-refractivity contribution in [1.29, 1.82) is 0 Å². The van der Waals surface area contributed by atoms with Gasteiger partial charge in [-0.05, 0) is 36.8 Å². The molecule has 0 unspecified atom stereocenters. The molecule has 18 heavy (non-hydrogen) atoms. The lowest BCUT2D eigenvalue weighted by Crippen LogP contribution is -1.99. The second kappa shape index (κ2) is 5.54. The van der Waals surface area contributed by atoms with Gasteiger partial charge in [0.25, 0.3) is 0 Å². The third kappa shape index (κ3) is 2.80. The van der Waals surface area contributed by atoms with Crippen molar-refractivity contribution in [2.45, 2.75) is 13.5 Å². The van der Waals surface area contributed by atoms with Gasteiger partial charge in [0, 0.05) is 5.56 Å². The van der Waals surface area contributed by atoms with Gasteiger partial charge in [-0.15, -0.1) is 0 Å². The Bertz CT molecular complexity index is 538. The number of aryl methyl sites for hydroxylation is 1. The average molecular weight is 246 g/mol. The predicted octanol–water partition coefficient (Wildman–Crippen LogP) is 3.72. The van der Waals surface area contributed by atoms with E-state index in [-0.39, 0.29) is 5.82 Å². The summed E-state index contributed by atoms with van der Waals surface area (Å²) in [4.78, 5) is 0. The third-order valence-electron chi connectivity index (χ3n) is 2.71. The van der Waals surface area contributed by atoms with Crippen LogP contribution in [0.5, 0.6) is 11.5 Å². The molecule has 0 fully saturated rings. The maximum Gasteiger partial charge on any atom is 0.125 e. The summed E-state index contributed by atoms with van der Waals surface area (Å²) in [6.45, 7) is 2.22. The van der Waals surface area contributed by atoms with Crippen LogP contribution < -0.4 is 9.47 Å². The summed E-state index contributed by atoms with van der Waals surface area (Å²) in [7, 11) is 1.63. The van der Waals surface area contributed by atoms with Crippen molar-refractivity contribution in [3.63, 3.8) is 0 Å². The molecule has 0 saturated carbocycles. The minimum Gasteiger partial charge on any atom is -0.496 e. The lowest BCUT2D eigenvalue weighted by molar-refractivity contribution is 0.294. The van der Waals surface area contributed by atoms with Crippen molar-refractivity contribution in [3.8, 4) is 11.5 Å². The SMILES string of the molecule is COc1ccccc1COc1ccc(F)cc1C. The zero-order chi connectivity index (χ0) is 13.0. The van der Waals surface area contributed by atoms with Gasteiger partial charge in [-0.1, -0.05) is 18.2 Å². The number of halogens is 1. The molecule has 2 aromatic rings. The Morgan fingerprint density at radius 1 is 1.06 bits per heavy atom. The van der Waals surface area contributed by atoms with E-state index in [1.165, 1.54) is 12.1 Å². The van der Waals surface area contributed by atoms with Crippen LogP contribution in [0.1, 0.15) is 11.1 Å². The maximum atomic E-state index is 13.0. The van der Waals surface area contributed by atoms with Crippen LogP contribution in [0.25, 0.3) is 0 Å². The summed E-state index contributed by atoms with van der Waals surface area (Å²) in [5.74, 6) is 1.22. The average Bonchev–Trinajstić information content (AvgIpc) is 2.38. The first-order chi connectivity index (χ1) is 8.70. The lowest BCUT2D eigenvalue weighted by atomic mass is 10.2. The molecule has 0 aliphatic heterocycles. The van der Waals surface area contributed by atoms with Crippen LogP contribution in [0.15, 0.2) is 42.5 Å². The van der Waals surface area contributed by atoms with Gasteiger partial charge in [0.05, 0.1) is 7.11 Å². The summed E-state index contributed by atoms with van der Waals surface area (Å²) in [5.41, 5.74) is 1.74. The quantitative estimate of drug-likeness (QED) is 0.818. The zero-order valence-electron chi connectivity index (χ0n) is 10.4.